The lowest BCUT2D eigenvalue weighted by atomic mass is 10.0. The molecule has 0 aliphatic carbocycles. The van der Waals surface area contributed by atoms with Gasteiger partial charge in [-0.15, -0.1) is 0 Å². The van der Waals surface area contributed by atoms with Crippen molar-refractivity contribution in [3.05, 3.63) is 35.1 Å². The predicted molar refractivity (Wildman–Crippen MR) is 62.3 cm³/mol. The number of rotatable bonds is 6. The molecule has 0 saturated heterocycles. The molecule has 0 aliphatic heterocycles. The summed E-state index contributed by atoms with van der Waals surface area (Å²) < 4.78 is 18.6. The fraction of sp³-hybridized carbons (Fsp3) is 0.500. The minimum absolute atomic E-state index is 0.0679. The van der Waals surface area contributed by atoms with Crippen molar-refractivity contribution < 1.29 is 9.13 Å². The Morgan fingerprint density at radius 2 is 2.25 bits per heavy atom. The van der Waals surface area contributed by atoms with E-state index in [1.165, 1.54) is 6.07 Å². The van der Waals surface area contributed by atoms with E-state index in [4.69, 9.17) is 10.6 Å². The SMILES string of the molecule is CCOCCC(NN)c1ccc(C)c(F)c1. The molecule has 3 N–H and O–H groups in total. The normalized spacial score (nSPS) is 12.8. The van der Waals surface area contributed by atoms with Gasteiger partial charge in [-0.05, 0) is 37.5 Å². The fourth-order valence-electron chi connectivity index (χ4n) is 1.52. The van der Waals surface area contributed by atoms with E-state index in [9.17, 15) is 4.39 Å². The predicted octanol–water partition coefficient (Wildman–Crippen LogP) is 2.07. The van der Waals surface area contributed by atoms with E-state index in [2.05, 4.69) is 5.43 Å². The first-order valence-corrected chi connectivity index (χ1v) is 5.49. The van der Waals surface area contributed by atoms with Crippen LogP contribution in [0.15, 0.2) is 18.2 Å². The van der Waals surface area contributed by atoms with Gasteiger partial charge >= 0.3 is 0 Å². The van der Waals surface area contributed by atoms with Crippen LogP contribution in [-0.2, 0) is 4.74 Å². The third kappa shape index (κ3) is 3.56. The summed E-state index contributed by atoms with van der Waals surface area (Å²) in [4.78, 5) is 0. The zero-order valence-electron chi connectivity index (χ0n) is 9.79. The molecule has 0 fully saturated rings. The number of aryl methyl sites for hydroxylation is 1. The highest BCUT2D eigenvalue weighted by atomic mass is 19.1. The van der Waals surface area contributed by atoms with Crippen molar-refractivity contribution in [2.75, 3.05) is 13.2 Å². The summed E-state index contributed by atoms with van der Waals surface area (Å²) in [5.41, 5.74) is 4.17. The van der Waals surface area contributed by atoms with Crippen LogP contribution in [0.25, 0.3) is 0 Å². The molecule has 0 aliphatic rings. The number of nitrogens with two attached hydrogens (primary N) is 1. The molecule has 3 nitrogen and oxygen atoms in total. The zero-order valence-corrected chi connectivity index (χ0v) is 9.79. The molecule has 0 aromatic heterocycles. The largest absolute Gasteiger partial charge is 0.382 e. The molecule has 0 heterocycles. The third-order valence-electron chi connectivity index (χ3n) is 2.55. The summed E-state index contributed by atoms with van der Waals surface area (Å²) in [6, 6.07) is 5.10. The number of hydrogen-bond acceptors (Lipinski definition) is 3. The molecule has 0 radical (unpaired) electrons. The molecule has 1 aromatic carbocycles. The van der Waals surface area contributed by atoms with Crippen molar-refractivity contribution in [1.82, 2.24) is 5.43 Å². The van der Waals surface area contributed by atoms with Gasteiger partial charge in [0, 0.05) is 19.3 Å². The zero-order chi connectivity index (χ0) is 12.0. The first-order chi connectivity index (χ1) is 7.69. The van der Waals surface area contributed by atoms with Crippen LogP contribution in [0.2, 0.25) is 0 Å². The molecule has 0 spiro atoms. The van der Waals surface area contributed by atoms with Crippen LogP contribution in [0.4, 0.5) is 4.39 Å². The summed E-state index contributed by atoms with van der Waals surface area (Å²) in [5.74, 6) is 5.25. The molecule has 0 amide bonds. The molecule has 4 heteroatoms. The van der Waals surface area contributed by atoms with E-state index in [1.807, 2.05) is 13.0 Å². The number of ether oxygens (including phenoxy) is 1. The average Bonchev–Trinajstić information content (AvgIpc) is 2.29. The van der Waals surface area contributed by atoms with Crippen LogP contribution < -0.4 is 11.3 Å². The molecule has 0 bridgehead atoms. The molecular weight excluding hydrogens is 207 g/mol. The molecule has 90 valence electrons. The van der Waals surface area contributed by atoms with Crippen LogP contribution in [0.3, 0.4) is 0 Å². The Morgan fingerprint density at radius 3 is 2.81 bits per heavy atom. The Labute approximate surface area is 95.8 Å². The molecule has 0 saturated carbocycles. The van der Waals surface area contributed by atoms with E-state index in [0.29, 0.717) is 18.8 Å². The monoisotopic (exact) mass is 226 g/mol. The topological polar surface area (TPSA) is 47.3 Å². The Bertz CT molecular complexity index is 331. The minimum atomic E-state index is -0.200. The number of hydrazine groups is 1. The summed E-state index contributed by atoms with van der Waals surface area (Å²) in [6.45, 7) is 4.97. The van der Waals surface area contributed by atoms with Crippen LogP contribution >= 0.6 is 0 Å². The Kier molecular flexibility index (Phi) is 5.38. The van der Waals surface area contributed by atoms with Gasteiger partial charge in [-0.1, -0.05) is 12.1 Å². The maximum atomic E-state index is 13.4. The van der Waals surface area contributed by atoms with Crippen molar-refractivity contribution in [1.29, 1.82) is 0 Å². The number of halogens is 1. The van der Waals surface area contributed by atoms with E-state index in [-0.39, 0.29) is 11.9 Å². The third-order valence-corrected chi connectivity index (χ3v) is 2.55. The fourth-order valence-corrected chi connectivity index (χ4v) is 1.52. The Hall–Kier alpha value is -0.970. The molecule has 1 atom stereocenters. The molecule has 1 rings (SSSR count). The maximum absolute atomic E-state index is 13.4. The summed E-state index contributed by atoms with van der Waals surface area (Å²) in [7, 11) is 0. The lowest BCUT2D eigenvalue weighted by Gasteiger charge is -2.16. The first kappa shape index (κ1) is 13.1. The van der Waals surface area contributed by atoms with Gasteiger partial charge in [-0.25, -0.2) is 4.39 Å². The summed E-state index contributed by atoms with van der Waals surface area (Å²) in [5, 5.41) is 0. The first-order valence-electron chi connectivity index (χ1n) is 5.49. The van der Waals surface area contributed by atoms with Crippen LogP contribution in [0, 0.1) is 12.7 Å². The maximum Gasteiger partial charge on any atom is 0.126 e. The second kappa shape index (κ2) is 6.58. The van der Waals surface area contributed by atoms with Crippen molar-refractivity contribution >= 4 is 0 Å². The smallest absolute Gasteiger partial charge is 0.126 e. The van der Waals surface area contributed by atoms with Crippen molar-refractivity contribution in [2.45, 2.75) is 26.3 Å². The standard InChI is InChI=1S/C12H19FN2O/c1-3-16-7-6-12(15-14)10-5-4-9(2)11(13)8-10/h4-5,8,12,15H,3,6-7,14H2,1-2H3. The average molecular weight is 226 g/mol. The molecular formula is C12H19FN2O. The second-order valence-corrected chi connectivity index (χ2v) is 3.71. The van der Waals surface area contributed by atoms with E-state index in [0.717, 1.165) is 12.0 Å². The number of benzene rings is 1. The Balaban J connectivity index is 2.67. The molecule has 1 aromatic rings. The van der Waals surface area contributed by atoms with Crippen LogP contribution in [0.1, 0.15) is 30.5 Å². The highest BCUT2D eigenvalue weighted by Crippen LogP contribution is 2.18. The van der Waals surface area contributed by atoms with Gasteiger partial charge in [-0.3, -0.25) is 11.3 Å². The summed E-state index contributed by atoms with van der Waals surface area (Å²) >= 11 is 0. The second-order valence-electron chi connectivity index (χ2n) is 3.71. The van der Waals surface area contributed by atoms with Gasteiger partial charge in [0.25, 0.3) is 0 Å². The van der Waals surface area contributed by atoms with Crippen molar-refractivity contribution in [3.8, 4) is 0 Å². The van der Waals surface area contributed by atoms with E-state index < -0.39 is 0 Å². The summed E-state index contributed by atoms with van der Waals surface area (Å²) in [6.07, 6.45) is 0.729. The van der Waals surface area contributed by atoms with Gasteiger partial charge < -0.3 is 4.74 Å². The van der Waals surface area contributed by atoms with Crippen LogP contribution in [0.5, 0.6) is 0 Å². The van der Waals surface area contributed by atoms with Crippen LogP contribution in [-0.4, -0.2) is 13.2 Å². The number of hydrogen-bond donors (Lipinski definition) is 2. The van der Waals surface area contributed by atoms with Gasteiger partial charge in [-0.2, -0.15) is 0 Å². The quantitative estimate of drug-likeness (QED) is 0.443. The lowest BCUT2D eigenvalue weighted by Crippen LogP contribution is -2.29. The van der Waals surface area contributed by atoms with Crippen molar-refractivity contribution in [2.24, 2.45) is 5.84 Å². The highest BCUT2D eigenvalue weighted by molar-refractivity contribution is 5.25. The lowest BCUT2D eigenvalue weighted by molar-refractivity contribution is 0.136. The molecule has 16 heavy (non-hydrogen) atoms. The van der Waals surface area contributed by atoms with Crippen molar-refractivity contribution in [3.63, 3.8) is 0 Å². The highest BCUT2D eigenvalue weighted by Gasteiger charge is 2.10. The van der Waals surface area contributed by atoms with Gasteiger partial charge in [0.1, 0.15) is 5.82 Å². The van der Waals surface area contributed by atoms with Gasteiger partial charge in [0.05, 0.1) is 0 Å². The van der Waals surface area contributed by atoms with Gasteiger partial charge in [0.2, 0.25) is 0 Å². The van der Waals surface area contributed by atoms with E-state index >= 15 is 0 Å². The molecule has 1 unspecified atom stereocenters. The number of nitrogens with one attached hydrogen (secondary N) is 1. The minimum Gasteiger partial charge on any atom is -0.382 e. The van der Waals surface area contributed by atoms with E-state index in [1.54, 1.807) is 13.0 Å². The van der Waals surface area contributed by atoms with Gasteiger partial charge in [0.15, 0.2) is 0 Å². The Morgan fingerprint density at radius 1 is 1.50 bits per heavy atom.